The molecule has 0 aliphatic heterocycles. The number of ether oxygens (including phenoxy) is 2. The van der Waals surface area contributed by atoms with E-state index in [4.69, 9.17) is 21.1 Å². The Morgan fingerprint density at radius 1 is 1.07 bits per heavy atom. The second-order valence-corrected chi connectivity index (χ2v) is 6.28. The van der Waals surface area contributed by atoms with Crippen LogP contribution in [0.15, 0.2) is 66.9 Å². The second kappa shape index (κ2) is 9.62. The summed E-state index contributed by atoms with van der Waals surface area (Å²) in [6.45, 7) is 0.743. The number of benzene rings is 2. The zero-order valence-electron chi connectivity index (χ0n) is 15.3. The van der Waals surface area contributed by atoms with Gasteiger partial charge in [-0.05, 0) is 54.6 Å². The third-order valence-electron chi connectivity index (χ3n) is 3.84. The Bertz CT molecular complexity index is 915. The molecule has 3 rings (SSSR count). The van der Waals surface area contributed by atoms with Crippen molar-refractivity contribution in [2.24, 2.45) is 0 Å². The summed E-state index contributed by atoms with van der Waals surface area (Å²) in [6.07, 6.45) is 1.52. The number of anilines is 2. The van der Waals surface area contributed by atoms with Crippen LogP contribution in [0, 0.1) is 0 Å². The minimum atomic E-state index is -0.208. The fraction of sp³-hybridized carbons (Fsp3) is 0.143. The van der Waals surface area contributed by atoms with Crippen molar-refractivity contribution < 1.29 is 14.3 Å². The van der Waals surface area contributed by atoms with E-state index in [1.54, 1.807) is 31.4 Å². The van der Waals surface area contributed by atoms with Crippen molar-refractivity contribution in [1.29, 1.82) is 0 Å². The lowest BCUT2D eigenvalue weighted by Crippen LogP contribution is -2.28. The first-order valence-electron chi connectivity index (χ1n) is 8.68. The minimum Gasteiger partial charge on any atom is -0.497 e. The van der Waals surface area contributed by atoms with Gasteiger partial charge in [-0.3, -0.25) is 4.79 Å². The number of hydrogen-bond acceptors (Lipinski definition) is 5. The van der Waals surface area contributed by atoms with Gasteiger partial charge in [-0.2, -0.15) is 0 Å². The molecular weight excluding hydrogens is 378 g/mol. The maximum Gasteiger partial charge on any atom is 0.252 e. The molecule has 2 aromatic carbocycles. The summed E-state index contributed by atoms with van der Waals surface area (Å²) in [5.41, 5.74) is 1.30. The Morgan fingerprint density at radius 3 is 2.54 bits per heavy atom. The molecule has 0 saturated carbocycles. The molecule has 7 heteroatoms. The smallest absolute Gasteiger partial charge is 0.252 e. The molecule has 0 aliphatic rings. The first-order valence-corrected chi connectivity index (χ1v) is 9.05. The molecule has 0 radical (unpaired) electrons. The summed E-state index contributed by atoms with van der Waals surface area (Å²) in [7, 11) is 1.61. The van der Waals surface area contributed by atoms with E-state index in [-0.39, 0.29) is 5.91 Å². The van der Waals surface area contributed by atoms with Gasteiger partial charge in [0.05, 0.1) is 19.2 Å². The van der Waals surface area contributed by atoms with E-state index in [9.17, 15) is 4.79 Å². The van der Waals surface area contributed by atoms with Crippen LogP contribution in [0.3, 0.4) is 0 Å². The third-order valence-corrected chi connectivity index (χ3v) is 4.07. The van der Waals surface area contributed by atoms with Crippen LogP contribution in [0.4, 0.5) is 11.5 Å². The Kier molecular flexibility index (Phi) is 6.70. The summed E-state index contributed by atoms with van der Waals surface area (Å²) in [5.74, 6) is 1.90. The fourth-order valence-corrected chi connectivity index (χ4v) is 2.61. The molecule has 3 aromatic rings. The molecule has 0 fully saturated rings. The molecule has 0 saturated heterocycles. The van der Waals surface area contributed by atoms with Crippen molar-refractivity contribution in [1.82, 2.24) is 10.3 Å². The number of nitrogens with one attached hydrogen (secondary N) is 2. The van der Waals surface area contributed by atoms with Crippen LogP contribution < -0.4 is 20.1 Å². The normalized spacial score (nSPS) is 10.2. The Morgan fingerprint density at radius 2 is 1.86 bits per heavy atom. The SMILES string of the molecule is COc1ccc(OCCNC(=O)c2ccc(Nc3cccc(Cl)c3)nc2)cc1. The van der Waals surface area contributed by atoms with Gasteiger partial charge in [-0.25, -0.2) is 4.98 Å². The first-order chi connectivity index (χ1) is 13.6. The van der Waals surface area contributed by atoms with Gasteiger partial charge in [0.25, 0.3) is 5.91 Å². The van der Waals surface area contributed by atoms with E-state index in [1.165, 1.54) is 6.20 Å². The molecule has 1 heterocycles. The number of pyridine rings is 1. The van der Waals surface area contributed by atoms with Crippen LogP contribution >= 0.6 is 11.6 Å². The van der Waals surface area contributed by atoms with E-state index in [1.807, 2.05) is 36.4 Å². The van der Waals surface area contributed by atoms with Gasteiger partial charge in [0.15, 0.2) is 0 Å². The van der Waals surface area contributed by atoms with Gasteiger partial charge < -0.3 is 20.1 Å². The Balaban J connectivity index is 1.45. The van der Waals surface area contributed by atoms with Gasteiger partial charge in [0.2, 0.25) is 0 Å². The highest BCUT2D eigenvalue weighted by Gasteiger charge is 2.06. The highest BCUT2D eigenvalue weighted by Crippen LogP contribution is 2.19. The lowest BCUT2D eigenvalue weighted by atomic mass is 10.2. The number of hydrogen-bond donors (Lipinski definition) is 2. The van der Waals surface area contributed by atoms with Crippen LogP contribution in [0.1, 0.15) is 10.4 Å². The molecule has 6 nitrogen and oxygen atoms in total. The van der Waals surface area contributed by atoms with E-state index in [0.717, 1.165) is 11.4 Å². The van der Waals surface area contributed by atoms with Crippen LogP contribution in [-0.2, 0) is 0 Å². The van der Waals surface area contributed by atoms with Gasteiger partial charge in [-0.15, -0.1) is 0 Å². The number of halogens is 1. The fourth-order valence-electron chi connectivity index (χ4n) is 2.42. The van der Waals surface area contributed by atoms with E-state index < -0.39 is 0 Å². The predicted octanol–water partition coefficient (Wildman–Crippen LogP) is 4.30. The lowest BCUT2D eigenvalue weighted by Gasteiger charge is -2.09. The number of carbonyl (C=O) groups excluding carboxylic acids is 1. The molecule has 28 heavy (non-hydrogen) atoms. The van der Waals surface area contributed by atoms with Crippen molar-refractivity contribution >= 4 is 29.0 Å². The summed E-state index contributed by atoms with van der Waals surface area (Å²) >= 11 is 5.96. The average Bonchev–Trinajstić information content (AvgIpc) is 2.72. The zero-order valence-corrected chi connectivity index (χ0v) is 16.1. The number of carbonyl (C=O) groups is 1. The maximum atomic E-state index is 12.2. The first kappa shape index (κ1) is 19.5. The highest BCUT2D eigenvalue weighted by atomic mass is 35.5. The number of nitrogens with zero attached hydrogens (tertiary/aromatic N) is 1. The van der Waals surface area contributed by atoms with Crippen molar-refractivity contribution in [3.05, 3.63) is 77.4 Å². The number of methoxy groups -OCH3 is 1. The minimum absolute atomic E-state index is 0.208. The second-order valence-electron chi connectivity index (χ2n) is 5.85. The molecule has 0 aliphatic carbocycles. The van der Waals surface area contributed by atoms with Crippen LogP contribution in [-0.4, -0.2) is 31.2 Å². The van der Waals surface area contributed by atoms with E-state index in [0.29, 0.717) is 35.3 Å². The molecule has 144 valence electrons. The van der Waals surface area contributed by atoms with Gasteiger partial charge in [-0.1, -0.05) is 17.7 Å². The summed E-state index contributed by atoms with van der Waals surface area (Å²) in [4.78, 5) is 16.5. The quantitative estimate of drug-likeness (QED) is 0.554. The van der Waals surface area contributed by atoms with Crippen LogP contribution in [0.5, 0.6) is 11.5 Å². The third kappa shape index (κ3) is 5.62. The molecule has 2 N–H and O–H groups in total. The van der Waals surface area contributed by atoms with Crippen molar-refractivity contribution in [2.45, 2.75) is 0 Å². The predicted molar refractivity (Wildman–Crippen MR) is 110 cm³/mol. The van der Waals surface area contributed by atoms with Crippen molar-refractivity contribution in [3.63, 3.8) is 0 Å². The van der Waals surface area contributed by atoms with Gasteiger partial charge in [0.1, 0.15) is 23.9 Å². The molecule has 1 aromatic heterocycles. The molecule has 0 spiro atoms. The summed E-state index contributed by atoms with van der Waals surface area (Å²) < 4.78 is 10.7. The molecule has 0 atom stereocenters. The van der Waals surface area contributed by atoms with Gasteiger partial charge >= 0.3 is 0 Å². The Labute approximate surface area is 168 Å². The van der Waals surface area contributed by atoms with Crippen LogP contribution in [0.25, 0.3) is 0 Å². The van der Waals surface area contributed by atoms with E-state index in [2.05, 4.69) is 15.6 Å². The van der Waals surface area contributed by atoms with Crippen molar-refractivity contribution in [2.75, 3.05) is 25.6 Å². The summed E-state index contributed by atoms with van der Waals surface area (Å²) in [6, 6.07) is 18.0. The Hall–Kier alpha value is -3.25. The largest absolute Gasteiger partial charge is 0.497 e. The highest BCUT2D eigenvalue weighted by molar-refractivity contribution is 6.30. The lowest BCUT2D eigenvalue weighted by molar-refractivity contribution is 0.0946. The van der Waals surface area contributed by atoms with Crippen molar-refractivity contribution in [3.8, 4) is 11.5 Å². The zero-order chi connectivity index (χ0) is 19.8. The summed E-state index contributed by atoms with van der Waals surface area (Å²) in [5, 5.41) is 6.57. The average molecular weight is 398 g/mol. The van der Waals surface area contributed by atoms with E-state index >= 15 is 0 Å². The van der Waals surface area contributed by atoms with Crippen LogP contribution in [0.2, 0.25) is 5.02 Å². The molecule has 0 unspecified atom stereocenters. The monoisotopic (exact) mass is 397 g/mol. The number of amides is 1. The molecular formula is C21H20ClN3O3. The number of rotatable bonds is 8. The topological polar surface area (TPSA) is 72.5 Å². The standard InChI is InChI=1S/C21H20ClN3O3/c1-27-18-6-8-19(9-7-18)28-12-11-23-21(26)15-5-10-20(24-14-15)25-17-4-2-3-16(22)13-17/h2-10,13-14H,11-12H2,1H3,(H,23,26)(H,24,25). The maximum absolute atomic E-state index is 12.2. The molecule has 1 amide bonds. The van der Waals surface area contributed by atoms with Gasteiger partial charge in [0, 0.05) is 16.9 Å². The number of aromatic nitrogens is 1. The molecule has 0 bridgehead atoms.